The zero-order valence-corrected chi connectivity index (χ0v) is 22.0. The Morgan fingerprint density at radius 1 is 0.771 bits per heavy atom. The smallest absolute Gasteiger partial charge is 0.341 e. The van der Waals surface area contributed by atoms with Crippen LogP contribution in [0, 0.1) is 0 Å². The van der Waals surface area contributed by atoms with Gasteiger partial charge in [-0.2, -0.15) is 0 Å². The maximum atomic E-state index is 11.2. The zero-order valence-electron chi connectivity index (χ0n) is 17.4. The number of ether oxygens (including phenoxy) is 1. The number of aromatic nitrogens is 3. The summed E-state index contributed by atoms with van der Waals surface area (Å²) in [6, 6.07) is 4.05. The highest BCUT2D eigenvalue weighted by molar-refractivity contribution is 6.37. The number of hydrogen-bond acceptors (Lipinski definition) is 7. The van der Waals surface area contributed by atoms with Crippen LogP contribution < -0.4 is 5.73 Å². The van der Waals surface area contributed by atoms with E-state index in [-0.39, 0.29) is 47.2 Å². The second-order valence-corrected chi connectivity index (χ2v) is 8.23. The number of pyridine rings is 3. The third kappa shape index (κ3) is 10.4. The van der Waals surface area contributed by atoms with Crippen molar-refractivity contribution in [3.8, 4) is 0 Å². The first kappa shape index (κ1) is 30.6. The van der Waals surface area contributed by atoms with E-state index in [1.165, 1.54) is 30.6 Å². The molecule has 0 bridgehead atoms. The molecule has 0 aliphatic rings. The second-order valence-electron chi connectivity index (χ2n) is 5.85. The molecule has 0 saturated heterocycles. The molecule has 0 atom stereocenters. The van der Waals surface area contributed by atoms with Gasteiger partial charge in [0.2, 0.25) is 0 Å². The van der Waals surface area contributed by atoms with Crippen molar-refractivity contribution in [1.82, 2.24) is 15.0 Å². The maximum absolute atomic E-state index is 11.2. The van der Waals surface area contributed by atoms with Gasteiger partial charge in [0.1, 0.15) is 15.5 Å². The third-order valence-corrected chi connectivity index (χ3v) is 5.01. The van der Waals surface area contributed by atoms with Gasteiger partial charge >= 0.3 is 11.9 Å². The van der Waals surface area contributed by atoms with Crippen molar-refractivity contribution >= 4 is 87.5 Å². The van der Waals surface area contributed by atoms with Crippen molar-refractivity contribution < 1.29 is 24.2 Å². The van der Waals surface area contributed by atoms with Gasteiger partial charge < -0.3 is 15.6 Å². The van der Waals surface area contributed by atoms with E-state index in [0.29, 0.717) is 6.61 Å². The van der Waals surface area contributed by atoms with Gasteiger partial charge in [0, 0.05) is 18.6 Å². The fourth-order valence-electron chi connectivity index (χ4n) is 1.92. The lowest BCUT2D eigenvalue weighted by molar-refractivity contribution is 0.0525. The number of hydrogen-bond donors (Lipinski definition) is 2. The zero-order chi connectivity index (χ0) is 26.7. The molecular weight excluding hydrogens is 589 g/mol. The van der Waals surface area contributed by atoms with Gasteiger partial charge in [-0.05, 0) is 25.1 Å². The number of aromatic carboxylic acids is 1. The Bertz CT molecular complexity index is 1170. The van der Waals surface area contributed by atoms with Crippen LogP contribution in [0.2, 0.25) is 30.5 Å². The molecule has 3 rings (SSSR count). The lowest BCUT2D eigenvalue weighted by atomic mass is 10.3. The third-order valence-electron chi connectivity index (χ3n) is 3.45. The highest BCUT2D eigenvalue weighted by Crippen LogP contribution is 2.20. The normalized spacial score (nSPS) is 9.69. The molecule has 0 aromatic carbocycles. The minimum Gasteiger partial charge on any atom is -0.478 e. The molecule has 0 spiro atoms. The Morgan fingerprint density at radius 2 is 1.14 bits per heavy atom. The van der Waals surface area contributed by atoms with Crippen LogP contribution in [-0.4, -0.2) is 44.5 Å². The lowest BCUT2D eigenvalue weighted by Crippen LogP contribution is -2.11. The standard InChI is InChI=1S/C8H7Cl2NO2.C6H4Cl2N2O.C6H3Cl2NO2/c1-2-13-8(12)5-4-11-7(10)3-6(5)9;7-4-1-5(8)10-2-3(4)6(9)11;7-4-1-5(8)9-2-3(4)6(10)11/h3-4H,2H2,1H3;1-2H,(H2,9,11);1-2H,(H,10,11). The molecule has 1 amide bonds. The van der Waals surface area contributed by atoms with E-state index < -0.39 is 17.8 Å². The summed E-state index contributed by atoms with van der Waals surface area (Å²) in [5.41, 5.74) is 5.32. The minimum atomic E-state index is -1.11. The van der Waals surface area contributed by atoms with Crippen LogP contribution in [0.3, 0.4) is 0 Å². The fourth-order valence-corrected chi connectivity index (χ4v) is 3.27. The van der Waals surface area contributed by atoms with Crippen molar-refractivity contribution in [2.75, 3.05) is 6.61 Å². The molecule has 0 aliphatic carbocycles. The SMILES string of the molecule is CCOC(=O)c1cnc(Cl)cc1Cl.NC(=O)c1cnc(Cl)cc1Cl.O=C(O)c1cnc(Cl)cc1Cl. The average molecular weight is 603 g/mol. The molecule has 0 radical (unpaired) electrons. The number of carboxylic acids is 1. The summed E-state index contributed by atoms with van der Waals surface area (Å²) in [7, 11) is 0. The number of amides is 1. The number of nitrogens with two attached hydrogens (primary N) is 1. The Balaban J connectivity index is 0.000000264. The molecule has 3 aromatic rings. The van der Waals surface area contributed by atoms with Gasteiger partial charge in [-0.3, -0.25) is 4.79 Å². The molecule has 186 valence electrons. The lowest BCUT2D eigenvalue weighted by Gasteiger charge is -2.02. The van der Waals surface area contributed by atoms with E-state index >= 15 is 0 Å². The molecule has 0 unspecified atom stereocenters. The average Bonchev–Trinajstić information content (AvgIpc) is 2.74. The number of primary amides is 1. The van der Waals surface area contributed by atoms with Crippen LogP contribution in [-0.2, 0) is 4.74 Å². The topological polar surface area (TPSA) is 145 Å². The van der Waals surface area contributed by atoms with Crippen LogP contribution >= 0.6 is 69.6 Å². The Morgan fingerprint density at radius 3 is 1.46 bits per heavy atom. The van der Waals surface area contributed by atoms with E-state index in [2.05, 4.69) is 15.0 Å². The van der Waals surface area contributed by atoms with Crippen molar-refractivity contribution in [1.29, 1.82) is 0 Å². The molecule has 0 aliphatic heterocycles. The second kappa shape index (κ2) is 14.9. The van der Waals surface area contributed by atoms with Crippen LogP contribution in [0.25, 0.3) is 0 Å². The maximum Gasteiger partial charge on any atom is 0.341 e. The summed E-state index contributed by atoms with van der Waals surface area (Å²) in [6.07, 6.45) is 3.66. The number of carbonyl (C=O) groups excluding carboxylic acids is 2. The molecule has 15 heteroatoms. The molecular formula is C20H14Cl6N4O5. The summed E-state index contributed by atoms with van der Waals surface area (Å²) in [6.45, 7) is 2.02. The highest BCUT2D eigenvalue weighted by atomic mass is 35.5. The Labute approximate surface area is 229 Å². The van der Waals surface area contributed by atoms with E-state index in [0.717, 1.165) is 6.20 Å². The molecule has 9 nitrogen and oxygen atoms in total. The van der Waals surface area contributed by atoms with E-state index in [9.17, 15) is 14.4 Å². The molecule has 3 N–H and O–H groups in total. The predicted octanol–water partition coefficient (Wildman–Crippen LogP) is 6.14. The first-order valence-corrected chi connectivity index (χ1v) is 11.3. The van der Waals surface area contributed by atoms with Gasteiger partial charge in [-0.1, -0.05) is 69.6 Å². The van der Waals surface area contributed by atoms with Gasteiger partial charge in [-0.15, -0.1) is 0 Å². The first-order valence-electron chi connectivity index (χ1n) is 9.00. The Kier molecular flexibility index (Phi) is 13.0. The molecule has 0 fully saturated rings. The largest absolute Gasteiger partial charge is 0.478 e. The van der Waals surface area contributed by atoms with Gasteiger partial charge in [0.05, 0.1) is 38.4 Å². The summed E-state index contributed by atoms with van der Waals surface area (Å²) in [5.74, 6) is -2.21. The number of carboxylic acid groups (broad SMARTS) is 1. The van der Waals surface area contributed by atoms with E-state index in [1.54, 1.807) is 6.92 Å². The Hall–Kier alpha value is -2.40. The monoisotopic (exact) mass is 600 g/mol. The summed E-state index contributed by atoms with van der Waals surface area (Å²) in [5, 5.41) is 9.72. The van der Waals surface area contributed by atoms with Crippen LogP contribution in [0.1, 0.15) is 38.0 Å². The van der Waals surface area contributed by atoms with Crippen LogP contribution in [0.4, 0.5) is 0 Å². The van der Waals surface area contributed by atoms with Gasteiger partial charge in [0.25, 0.3) is 5.91 Å². The van der Waals surface area contributed by atoms with E-state index in [1.807, 2.05) is 0 Å². The fraction of sp³-hybridized carbons (Fsp3) is 0.100. The summed E-state index contributed by atoms with van der Waals surface area (Å²) in [4.78, 5) is 43.1. The number of nitrogens with zero attached hydrogens (tertiary/aromatic N) is 3. The van der Waals surface area contributed by atoms with Crippen LogP contribution in [0.15, 0.2) is 36.8 Å². The van der Waals surface area contributed by atoms with Gasteiger partial charge in [0.15, 0.2) is 0 Å². The van der Waals surface area contributed by atoms with Crippen molar-refractivity contribution in [2.45, 2.75) is 6.92 Å². The summed E-state index contributed by atoms with van der Waals surface area (Å²) >= 11 is 33.3. The molecule has 3 aromatic heterocycles. The molecule has 35 heavy (non-hydrogen) atoms. The minimum absolute atomic E-state index is 0.0453. The molecule has 3 heterocycles. The van der Waals surface area contributed by atoms with Gasteiger partial charge in [-0.25, -0.2) is 24.5 Å². The number of carbonyl (C=O) groups is 3. The first-order chi connectivity index (χ1) is 16.4. The quantitative estimate of drug-likeness (QED) is 0.267. The van der Waals surface area contributed by atoms with Crippen molar-refractivity contribution in [2.24, 2.45) is 5.73 Å². The summed E-state index contributed by atoms with van der Waals surface area (Å²) < 4.78 is 4.74. The van der Waals surface area contributed by atoms with E-state index in [4.69, 9.17) is 85.2 Å². The number of esters is 1. The van der Waals surface area contributed by atoms with Crippen LogP contribution in [0.5, 0.6) is 0 Å². The highest BCUT2D eigenvalue weighted by Gasteiger charge is 2.12. The number of rotatable bonds is 4. The van der Waals surface area contributed by atoms with Crippen molar-refractivity contribution in [3.05, 3.63) is 84.0 Å². The van der Waals surface area contributed by atoms with Crippen molar-refractivity contribution in [3.63, 3.8) is 0 Å². The predicted molar refractivity (Wildman–Crippen MR) is 134 cm³/mol. The molecule has 0 saturated carbocycles. The number of halogens is 6.